The highest BCUT2D eigenvalue weighted by Crippen LogP contribution is 2.01. The van der Waals surface area contributed by atoms with Gasteiger partial charge < -0.3 is 10.2 Å². The molecule has 0 saturated carbocycles. The zero-order valence-corrected chi connectivity index (χ0v) is 5.58. The quantitative estimate of drug-likeness (QED) is 0.549. The summed E-state index contributed by atoms with van der Waals surface area (Å²) in [5.41, 5.74) is 0. The van der Waals surface area contributed by atoms with Gasteiger partial charge in [0.05, 0.1) is 14.1 Å². The van der Waals surface area contributed by atoms with Crippen molar-refractivity contribution in [1.82, 2.24) is 0 Å². The molecule has 0 heterocycles. The monoisotopic (exact) mass is 134 g/mol. The molecule has 2 N–H and O–H groups in total. The van der Waals surface area contributed by atoms with E-state index in [4.69, 9.17) is 13.0 Å². The van der Waals surface area contributed by atoms with Gasteiger partial charge in [-0.05, 0) is 6.42 Å². The van der Waals surface area contributed by atoms with Crippen molar-refractivity contribution in [2.45, 2.75) is 38.7 Å². The topological polar surface area (TPSA) is 40.5 Å². The molecule has 56 valence electrons. The molecule has 0 aliphatic carbocycles. The number of hydrogen-bond acceptors (Lipinski definition) is 2. The number of rotatable bonds is 5. The van der Waals surface area contributed by atoms with E-state index < -0.39 is 12.7 Å². The fraction of sp³-hybridized carbons (Fsp3) is 1.00. The Morgan fingerprint density at radius 1 is 1.67 bits per heavy atom. The number of aliphatic hydroxyl groups excluding tert-OH is 2. The van der Waals surface area contributed by atoms with Gasteiger partial charge in [-0.25, -0.2) is 0 Å². The molecule has 2 nitrogen and oxygen atoms in total. The third-order valence-corrected chi connectivity index (χ3v) is 1.17. The van der Waals surface area contributed by atoms with Crippen LogP contribution >= 0.6 is 0 Å². The molecule has 0 aliphatic heterocycles. The first-order valence-corrected chi connectivity index (χ1v) is 3.26. The van der Waals surface area contributed by atoms with Crippen LogP contribution in [0.2, 0.25) is 0 Å². The molecule has 0 amide bonds. The summed E-state index contributed by atoms with van der Waals surface area (Å²) in [6.45, 7) is -0.953. The summed E-state index contributed by atoms with van der Waals surface area (Å²) in [4.78, 5) is 0. The van der Waals surface area contributed by atoms with Crippen LogP contribution in [0.4, 0.5) is 0 Å². The zero-order valence-electron chi connectivity index (χ0n) is 7.58. The van der Waals surface area contributed by atoms with Crippen LogP contribution in [0.5, 0.6) is 0 Å². The molecule has 0 fully saturated rings. The SMILES string of the molecule is [2H]CCCCCC(O)C([2H])O. The maximum atomic E-state index is 8.94. The van der Waals surface area contributed by atoms with Crippen LogP contribution in [0.3, 0.4) is 0 Å². The lowest BCUT2D eigenvalue weighted by molar-refractivity contribution is 0.0861. The van der Waals surface area contributed by atoms with Gasteiger partial charge in [0, 0.05) is 1.37 Å². The van der Waals surface area contributed by atoms with E-state index in [1.165, 1.54) is 0 Å². The fourth-order valence-electron chi connectivity index (χ4n) is 0.605. The molecule has 0 spiro atoms. The highest BCUT2D eigenvalue weighted by atomic mass is 16.3. The smallest absolute Gasteiger partial charge is 0.0770 e. The van der Waals surface area contributed by atoms with E-state index in [0.29, 0.717) is 13.3 Å². The van der Waals surface area contributed by atoms with E-state index in [-0.39, 0.29) is 0 Å². The van der Waals surface area contributed by atoms with E-state index >= 15 is 0 Å². The Hall–Kier alpha value is -0.0800. The molecule has 2 atom stereocenters. The summed E-state index contributed by atoms with van der Waals surface area (Å²) in [7, 11) is 0. The highest BCUT2D eigenvalue weighted by Gasteiger charge is 1.98. The zero-order chi connectivity index (χ0) is 8.69. The van der Waals surface area contributed by atoms with Crippen molar-refractivity contribution in [2.75, 3.05) is 6.58 Å². The van der Waals surface area contributed by atoms with Crippen molar-refractivity contribution in [1.29, 1.82) is 0 Å². The molecular weight excluding hydrogens is 116 g/mol. The fourth-order valence-corrected chi connectivity index (χ4v) is 0.605. The molecule has 0 radical (unpaired) electrons. The van der Waals surface area contributed by atoms with Crippen LogP contribution in [0.25, 0.3) is 0 Å². The summed E-state index contributed by atoms with van der Waals surface area (Å²) in [5, 5.41) is 17.5. The standard InChI is InChI=1S/C7H16O2/c1-2-3-4-5-7(9)6-8/h7-9H,2-6H2,1H3/i1D,6D. The van der Waals surface area contributed by atoms with Gasteiger partial charge >= 0.3 is 0 Å². The number of hydrogen-bond donors (Lipinski definition) is 2. The second-order valence-electron chi connectivity index (χ2n) is 2.07. The van der Waals surface area contributed by atoms with Crippen LogP contribution in [-0.2, 0) is 0 Å². The Labute approximate surface area is 59.3 Å². The van der Waals surface area contributed by atoms with Crippen LogP contribution in [0.1, 0.15) is 35.3 Å². The molecule has 0 aromatic carbocycles. The minimum absolute atomic E-state index is 0.416. The van der Waals surface area contributed by atoms with E-state index in [9.17, 15) is 0 Å². The average Bonchev–Trinajstić information content (AvgIpc) is 1.97. The van der Waals surface area contributed by atoms with Crippen LogP contribution < -0.4 is 0 Å². The lowest BCUT2D eigenvalue weighted by Crippen LogP contribution is -2.10. The van der Waals surface area contributed by atoms with Crippen molar-refractivity contribution in [3.8, 4) is 0 Å². The van der Waals surface area contributed by atoms with Crippen molar-refractivity contribution >= 4 is 0 Å². The van der Waals surface area contributed by atoms with Crippen molar-refractivity contribution in [2.24, 2.45) is 0 Å². The summed E-state index contributed by atoms with van der Waals surface area (Å²) in [6.07, 6.45) is 2.06. The van der Waals surface area contributed by atoms with Gasteiger partial charge in [0.2, 0.25) is 0 Å². The summed E-state index contributed by atoms with van der Waals surface area (Å²) >= 11 is 0. The number of unbranched alkanes of at least 4 members (excludes halogenated alkanes) is 2. The van der Waals surface area contributed by atoms with Gasteiger partial charge in [0.15, 0.2) is 0 Å². The molecule has 0 aliphatic rings. The molecule has 0 bridgehead atoms. The molecule has 0 saturated heterocycles. The molecule has 2 unspecified atom stereocenters. The molecule has 0 rings (SSSR count). The van der Waals surface area contributed by atoms with E-state index in [1.54, 1.807) is 0 Å². The summed E-state index contributed by atoms with van der Waals surface area (Å²) in [6, 6.07) is 0. The first-order valence-electron chi connectivity index (χ1n) is 4.54. The largest absolute Gasteiger partial charge is 0.394 e. The lowest BCUT2D eigenvalue weighted by atomic mass is 10.1. The third-order valence-electron chi connectivity index (χ3n) is 1.17. The first kappa shape index (κ1) is 5.69. The van der Waals surface area contributed by atoms with E-state index in [0.717, 1.165) is 19.3 Å². The average molecular weight is 134 g/mol. The van der Waals surface area contributed by atoms with Crippen LogP contribution in [0.15, 0.2) is 0 Å². The van der Waals surface area contributed by atoms with E-state index in [1.807, 2.05) is 0 Å². The van der Waals surface area contributed by atoms with Gasteiger partial charge in [-0.1, -0.05) is 26.2 Å². The van der Waals surface area contributed by atoms with Crippen molar-refractivity contribution in [3.05, 3.63) is 0 Å². The van der Waals surface area contributed by atoms with Gasteiger partial charge in [0.25, 0.3) is 0 Å². The van der Waals surface area contributed by atoms with Gasteiger partial charge in [0.1, 0.15) is 0 Å². The second-order valence-corrected chi connectivity index (χ2v) is 2.07. The second kappa shape index (κ2) is 6.05. The Bertz CT molecular complexity index is 88.5. The highest BCUT2D eigenvalue weighted by molar-refractivity contribution is 4.51. The van der Waals surface area contributed by atoms with Crippen LogP contribution in [0, 0.1) is 0 Å². The number of aliphatic hydroxyl groups is 2. The van der Waals surface area contributed by atoms with Gasteiger partial charge in [-0.3, -0.25) is 0 Å². The van der Waals surface area contributed by atoms with Gasteiger partial charge in [-0.2, -0.15) is 0 Å². The Kier molecular flexibility index (Phi) is 3.82. The Morgan fingerprint density at radius 3 is 3.00 bits per heavy atom. The molecule has 2 heteroatoms. The molecule has 0 aromatic rings. The minimum atomic E-state index is -1.37. The normalized spacial score (nSPS) is 20.2. The predicted octanol–water partition coefficient (Wildman–Crippen LogP) is 0.920. The molecule has 9 heavy (non-hydrogen) atoms. The van der Waals surface area contributed by atoms with Crippen molar-refractivity contribution in [3.63, 3.8) is 0 Å². The van der Waals surface area contributed by atoms with Crippen LogP contribution in [-0.4, -0.2) is 22.9 Å². The van der Waals surface area contributed by atoms with Gasteiger partial charge in [-0.15, -0.1) is 0 Å². The Morgan fingerprint density at radius 2 is 2.44 bits per heavy atom. The maximum Gasteiger partial charge on any atom is 0.0770 e. The Balaban J connectivity index is 3.10. The summed E-state index contributed by atoms with van der Waals surface area (Å²) in [5.74, 6) is 0. The minimum Gasteiger partial charge on any atom is -0.394 e. The summed E-state index contributed by atoms with van der Waals surface area (Å²) < 4.78 is 13.6. The predicted molar refractivity (Wildman–Crippen MR) is 37.2 cm³/mol. The molecule has 0 aromatic heterocycles. The van der Waals surface area contributed by atoms with E-state index in [2.05, 4.69) is 0 Å². The molecular formula is C7H16O2. The lowest BCUT2D eigenvalue weighted by Gasteiger charge is -2.04. The van der Waals surface area contributed by atoms with Crippen molar-refractivity contribution < 1.29 is 13.0 Å². The first-order chi connectivity index (χ1) is 5.18. The maximum absolute atomic E-state index is 8.94. The third kappa shape index (κ3) is 5.80.